The number of nitrogen functional groups attached to an aromatic ring is 1. The van der Waals surface area contributed by atoms with Gasteiger partial charge in [-0.1, -0.05) is 41.4 Å². The van der Waals surface area contributed by atoms with Crippen LogP contribution in [0.5, 0.6) is 0 Å². The molecule has 1 heterocycles. The number of nitrogens with zero attached hydrogens (tertiary/aromatic N) is 1. The lowest BCUT2D eigenvalue weighted by Gasteiger charge is -2.07. The molecule has 2 nitrogen and oxygen atoms in total. The van der Waals surface area contributed by atoms with Gasteiger partial charge in [0.25, 0.3) is 0 Å². The van der Waals surface area contributed by atoms with Gasteiger partial charge in [0.2, 0.25) is 0 Å². The van der Waals surface area contributed by atoms with Gasteiger partial charge in [-0.3, -0.25) is 0 Å². The average Bonchev–Trinajstić information content (AvgIpc) is 2.68. The Labute approximate surface area is 126 Å². The number of hydrogen-bond donors (Lipinski definition) is 1. The molecule has 2 rings (SSSR count). The number of nitriles is 1. The number of thiophene rings is 1. The Hall–Kier alpha value is -1.31. The van der Waals surface area contributed by atoms with Crippen LogP contribution in [0.25, 0.3) is 10.4 Å². The molecule has 0 amide bonds. The van der Waals surface area contributed by atoms with Gasteiger partial charge in [-0.25, -0.2) is 0 Å². The van der Waals surface area contributed by atoms with E-state index in [1.54, 1.807) is 0 Å². The first kappa shape index (κ1) is 14.1. The Morgan fingerprint density at radius 2 is 2.16 bits per heavy atom. The van der Waals surface area contributed by atoms with Crippen LogP contribution in [0.15, 0.2) is 22.7 Å². The molecule has 0 bridgehead atoms. The molecule has 0 aliphatic rings. The summed E-state index contributed by atoms with van der Waals surface area (Å²) < 4.78 is 1.05. The van der Waals surface area contributed by atoms with Crippen molar-refractivity contribution in [3.63, 3.8) is 0 Å². The summed E-state index contributed by atoms with van der Waals surface area (Å²) in [5, 5.41) is 9.15. The largest absolute Gasteiger partial charge is 0.397 e. The Morgan fingerprint density at radius 3 is 2.74 bits per heavy atom. The van der Waals surface area contributed by atoms with Crippen LogP contribution >= 0.6 is 27.3 Å². The first-order chi connectivity index (χ1) is 9.08. The highest BCUT2D eigenvalue weighted by Crippen LogP contribution is 2.42. The van der Waals surface area contributed by atoms with Crippen LogP contribution in [-0.4, -0.2) is 0 Å². The van der Waals surface area contributed by atoms with Crippen LogP contribution in [0.4, 0.5) is 5.69 Å². The van der Waals surface area contributed by atoms with Crippen molar-refractivity contribution in [1.29, 1.82) is 5.26 Å². The van der Waals surface area contributed by atoms with Gasteiger partial charge in [0.05, 0.1) is 5.69 Å². The summed E-state index contributed by atoms with van der Waals surface area (Å²) in [5.74, 6) is 0. The minimum atomic E-state index is 0.617. The van der Waals surface area contributed by atoms with Crippen molar-refractivity contribution in [1.82, 2.24) is 0 Å². The summed E-state index contributed by atoms with van der Waals surface area (Å²) in [4.78, 5) is 1.73. The van der Waals surface area contributed by atoms with Crippen molar-refractivity contribution in [3.8, 4) is 16.5 Å². The second-order valence-electron chi connectivity index (χ2n) is 4.50. The zero-order valence-corrected chi connectivity index (χ0v) is 13.4. The molecule has 1 aromatic carbocycles. The van der Waals surface area contributed by atoms with Crippen molar-refractivity contribution in [3.05, 3.63) is 38.7 Å². The van der Waals surface area contributed by atoms with Crippen LogP contribution in [-0.2, 0) is 6.42 Å². The van der Waals surface area contributed by atoms with E-state index in [1.165, 1.54) is 16.9 Å². The molecule has 1 aromatic heterocycles. The van der Waals surface area contributed by atoms with Crippen LogP contribution in [0.1, 0.15) is 29.3 Å². The topological polar surface area (TPSA) is 49.8 Å². The van der Waals surface area contributed by atoms with Crippen LogP contribution in [0, 0.1) is 18.3 Å². The number of aryl methyl sites for hydroxylation is 1. The fraction of sp³-hybridized carbons (Fsp3) is 0.267. The molecule has 0 spiro atoms. The first-order valence-corrected chi connectivity index (χ1v) is 7.77. The van der Waals surface area contributed by atoms with Gasteiger partial charge in [0.1, 0.15) is 10.9 Å². The molecule has 0 unspecified atom stereocenters. The summed E-state index contributed by atoms with van der Waals surface area (Å²) in [5.41, 5.74) is 10.2. The summed E-state index contributed by atoms with van der Waals surface area (Å²) in [6, 6.07) is 8.45. The third-order valence-electron chi connectivity index (χ3n) is 3.02. The highest BCUT2D eigenvalue weighted by Gasteiger charge is 2.18. The van der Waals surface area contributed by atoms with Crippen molar-refractivity contribution >= 4 is 33.0 Å². The second kappa shape index (κ2) is 5.77. The molecule has 19 heavy (non-hydrogen) atoms. The van der Waals surface area contributed by atoms with Crippen LogP contribution in [0.2, 0.25) is 0 Å². The second-order valence-corrected chi connectivity index (χ2v) is 6.37. The Morgan fingerprint density at radius 1 is 1.42 bits per heavy atom. The van der Waals surface area contributed by atoms with Gasteiger partial charge in [-0.2, -0.15) is 5.26 Å². The van der Waals surface area contributed by atoms with E-state index in [-0.39, 0.29) is 0 Å². The van der Waals surface area contributed by atoms with E-state index in [4.69, 9.17) is 11.0 Å². The Balaban J connectivity index is 2.64. The summed E-state index contributed by atoms with van der Waals surface area (Å²) >= 11 is 5.09. The fourth-order valence-electron chi connectivity index (χ4n) is 2.08. The number of benzene rings is 1. The van der Waals surface area contributed by atoms with Crippen molar-refractivity contribution in [2.45, 2.75) is 26.7 Å². The van der Waals surface area contributed by atoms with Crippen molar-refractivity contribution in [2.75, 3.05) is 5.73 Å². The first-order valence-electron chi connectivity index (χ1n) is 6.16. The maximum atomic E-state index is 9.15. The number of halogens is 1. The van der Waals surface area contributed by atoms with E-state index < -0.39 is 0 Å². The number of nitrogens with two attached hydrogens (primary N) is 1. The summed E-state index contributed by atoms with van der Waals surface area (Å²) in [6.07, 6.45) is 1.92. The predicted molar refractivity (Wildman–Crippen MR) is 85.3 cm³/mol. The van der Waals surface area contributed by atoms with E-state index in [0.29, 0.717) is 10.6 Å². The van der Waals surface area contributed by atoms with E-state index in [0.717, 1.165) is 33.3 Å². The fourth-order valence-corrected chi connectivity index (χ4v) is 4.01. The van der Waals surface area contributed by atoms with E-state index >= 15 is 0 Å². The molecular weight excluding hydrogens is 320 g/mol. The van der Waals surface area contributed by atoms with Crippen molar-refractivity contribution < 1.29 is 0 Å². The van der Waals surface area contributed by atoms with Gasteiger partial charge >= 0.3 is 0 Å². The predicted octanol–water partition coefficient (Wildman–Crippen LogP) is 4.89. The number of rotatable bonds is 3. The minimum absolute atomic E-state index is 0.617. The molecule has 0 aliphatic heterocycles. The molecule has 98 valence electrons. The van der Waals surface area contributed by atoms with Crippen LogP contribution < -0.4 is 5.73 Å². The third kappa shape index (κ3) is 2.68. The van der Waals surface area contributed by atoms with E-state index in [2.05, 4.69) is 54.0 Å². The standard InChI is InChI=1S/C15H15BrN2S/c1-3-4-11-14(18)13(8-17)19-15(11)10-6-5-9(2)7-12(10)16/h5-7H,3-4,18H2,1-2H3. The lowest BCUT2D eigenvalue weighted by Crippen LogP contribution is -1.93. The molecule has 0 radical (unpaired) electrons. The third-order valence-corrected chi connectivity index (χ3v) is 4.86. The van der Waals surface area contributed by atoms with Gasteiger partial charge in [-0.05, 0) is 30.5 Å². The van der Waals surface area contributed by atoms with Gasteiger partial charge < -0.3 is 5.73 Å². The highest BCUT2D eigenvalue weighted by atomic mass is 79.9. The molecule has 0 aliphatic carbocycles. The molecule has 0 saturated carbocycles. The number of anilines is 1. The van der Waals surface area contributed by atoms with Crippen LogP contribution in [0.3, 0.4) is 0 Å². The lowest BCUT2D eigenvalue weighted by molar-refractivity contribution is 0.930. The molecule has 2 aromatic rings. The maximum Gasteiger partial charge on any atom is 0.128 e. The molecular formula is C15H15BrN2S. The highest BCUT2D eigenvalue weighted by molar-refractivity contribution is 9.10. The monoisotopic (exact) mass is 334 g/mol. The zero-order chi connectivity index (χ0) is 14.0. The molecule has 4 heteroatoms. The quantitative estimate of drug-likeness (QED) is 0.868. The maximum absolute atomic E-state index is 9.15. The molecule has 0 atom stereocenters. The minimum Gasteiger partial charge on any atom is -0.397 e. The van der Waals surface area contributed by atoms with Gasteiger partial charge in [-0.15, -0.1) is 11.3 Å². The molecule has 0 fully saturated rings. The van der Waals surface area contributed by atoms with E-state index in [9.17, 15) is 0 Å². The van der Waals surface area contributed by atoms with Gasteiger partial charge in [0, 0.05) is 14.9 Å². The zero-order valence-electron chi connectivity index (χ0n) is 11.0. The van der Waals surface area contributed by atoms with E-state index in [1.807, 2.05) is 0 Å². The molecule has 2 N–H and O–H groups in total. The average molecular weight is 335 g/mol. The Kier molecular flexibility index (Phi) is 4.28. The molecule has 0 saturated heterocycles. The smallest absolute Gasteiger partial charge is 0.128 e. The van der Waals surface area contributed by atoms with Gasteiger partial charge in [0.15, 0.2) is 0 Å². The summed E-state index contributed by atoms with van der Waals surface area (Å²) in [7, 11) is 0. The van der Waals surface area contributed by atoms with Crippen molar-refractivity contribution in [2.24, 2.45) is 0 Å². The SMILES string of the molecule is CCCc1c(-c2ccc(C)cc2Br)sc(C#N)c1N. The number of hydrogen-bond acceptors (Lipinski definition) is 3. The summed E-state index contributed by atoms with van der Waals surface area (Å²) in [6.45, 7) is 4.18. The Bertz CT molecular complexity index is 653. The normalized spacial score (nSPS) is 10.4. The lowest BCUT2D eigenvalue weighted by atomic mass is 10.0.